The minimum Gasteiger partial charge on any atom is -0.497 e. The molecule has 1 aromatic carbocycles. The van der Waals surface area contributed by atoms with Gasteiger partial charge in [0.05, 0.1) is 12.0 Å². The molecule has 1 heterocycles. The molecule has 0 saturated carbocycles. The molecule has 0 aliphatic carbocycles. The maximum Gasteiger partial charge on any atom is 0.371 e. The number of furan rings is 1. The average molecular weight is 279 g/mol. The Kier molecular flexibility index (Phi) is 3.56. The Bertz CT molecular complexity index is 662. The van der Waals surface area contributed by atoms with Crippen LogP contribution < -0.4 is 9.47 Å². The van der Waals surface area contributed by atoms with Gasteiger partial charge in [0.15, 0.2) is 0 Å². The Morgan fingerprint density at radius 2 is 2.10 bits per heavy atom. The zero-order chi connectivity index (χ0) is 14.7. The lowest BCUT2D eigenvalue weighted by Crippen LogP contribution is -1.94. The Hall–Kier alpha value is -3.03. The highest BCUT2D eigenvalue weighted by atomic mass is 16.6. The lowest BCUT2D eigenvalue weighted by atomic mass is 10.3. The highest BCUT2D eigenvalue weighted by Gasteiger charge is 2.19. The quantitative estimate of drug-likeness (QED) is 0.661. The molecule has 0 saturated heterocycles. The maximum atomic E-state index is 10.9. The van der Waals surface area contributed by atoms with Crippen molar-refractivity contribution < 1.29 is 28.7 Å². The molecule has 8 nitrogen and oxygen atoms in total. The van der Waals surface area contributed by atoms with E-state index in [4.69, 9.17) is 19.0 Å². The van der Waals surface area contributed by atoms with Gasteiger partial charge in [-0.2, -0.15) is 0 Å². The third kappa shape index (κ3) is 2.69. The molecule has 0 spiro atoms. The van der Waals surface area contributed by atoms with E-state index < -0.39 is 10.9 Å². The van der Waals surface area contributed by atoms with Crippen molar-refractivity contribution in [2.75, 3.05) is 7.11 Å². The minimum absolute atomic E-state index is 0.111. The van der Waals surface area contributed by atoms with Gasteiger partial charge in [-0.05, 0) is 12.1 Å². The molecule has 0 radical (unpaired) electrons. The summed E-state index contributed by atoms with van der Waals surface area (Å²) in [6.45, 7) is 0. The molecule has 8 heteroatoms. The molecule has 2 aromatic rings. The molecular formula is C12H9NO7. The van der Waals surface area contributed by atoms with Gasteiger partial charge in [-0.15, -0.1) is 0 Å². The fraction of sp³-hybridized carbons (Fsp3) is 0.0833. The van der Waals surface area contributed by atoms with Crippen LogP contribution >= 0.6 is 0 Å². The van der Waals surface area contributed by atoms with Crippen LogP contribution in [0.3, 0.4) is 0 Å². The predicted octanol–water partition coefficient (Wildman–Crippen LogP) is 2.69. The Morgan fingerprint density at radius 3 is 2.65 bits per heavy atom. The van der Waals surface area contributed by atoms with Crippen LogP contribution in [0.1, 0.15) is 10.6 Å². The molecule has 104 valence electrons. The summed E-state index contributed by atoms with van der Waals surface area (Å²) in [4.78, 5) is 20.9. The number of carboxylic acids is 1. The van der Waals surface area contributed by atoms with E-state index in [1.54, 1.807) is 0 Å². The van der Waals surface area contributed by atoms with Gasteiger partial charge in [-0.3, -0.25) is 10.1 Å². The molecule has 2 rings (SSSR count). The van der Waals surface area contributed by atoms with E-state index in [9.17, 15) is 14.9 Å². The average Bonchev–Trinajstić information content (AvgIpc) is 2.87. The summed E-state index contributed by atoms with van der Waals surface area (Å²) in [6, 6.07) is 6.38. The standard InChI is InChI=1S/C12H9NO7/c1-18-7-2-3-8(13(16)17)10(6-7)20-11-5-4-9(19-11)12(14)15/h2-6H,1H3,(H,14,15). The van der Waals surface area contributed by atoms with Crippen LogP contribution in [0.15, 0.2) is 34.7 Å². The van der Waals surface area contributed by atoms with Crippen LogP contribution in [0.2, 0.25) is 0 Å². The van der Waals surface area contributed by atoms with E-state index >= 15 is 0 Å². The second kappa shape index (κ2) is 5.31. The normalized spacial score (nSPS) is 10.1. The molecule has 0 amide bonds. The van der Waals surface area contributed by atoms with E-state index in [1.807, 2.05) is 0 Å². The molecule has 20 heavy (non-hydrogen) atoms. The molecule has 0 atom stereocenters. The number of methoxy groups -OCH3 is 1. The number of aromatic carboxylic acids is 1. The maximum absolute atomic E-state index is 10.9. The number of carboxylic acid groups (broad SMARTS) is 1. The lowest BCUT2D eigenvalue weighted by Gasteiger charge is -2.05. The summed E-state index contributed by atoms with van der Waals surface area (Å²) in [6.07, 6.45) is 0. The molecule has 0 bridgehead atoms. The minimum atomic E-state index is -1.26. The zero-order valence-corrected chi connectivity index (χ0v) is 10.2. The largest absolute Gasteiger partial charge is 0.497 e. The number of hydrogen-bond acceptors (Lipinski definition) is 6. The topological polar surface area (TPSA) is 112 Å². The smallest absolute Gasteiger partial charge is 0.371 e. The van der Waals surface area contributed by atoms with Gasteiger partial charge in [0.1, 0.15) is 5.75 Å². The van der Waals surface area contributed by atoms with Crippen molar-refractivity contribution in [2.24, 2.45) is 0 Å². The van der Waals surface area contributed by atoms with E-state index in [0.29, 0.717) is 5.75 Å². The number of hydrogen-bond donors (Lipinski definition) is 1. The van der Waals surface area contributed by atoms with Crippen molar-refractivity contribution in [3.05, 3.63) is 46.2 Å². The number of benzene rings is 1. The highest BCUT2D eigenvalue weighted by molar-refractivity contribution is 5.84. The molecule has 0 aliphatic rings. The molecule has 0 fully saturated rings. The van der Waals surface area contributed by atoms with E-state index in [2.05, 4.69) is 0 Å². The molecule has 1 N–H and O–H groups in total. The van der Waals surface area contributed by atoms with Gasteiger partial charge >= 0.3 is 11.7 Å². The van der Waals surface area contributed by atoms with Crippen LogP contribution in [0.25, 0.3) is 0 Å². The van der Waals surface area contributed by atoms with Crippen molar-refractivity contribution in [3.8, 4) is 17.4 Å². The van der Waals surface area contributed by atoms with Crippen molar-refractivity contribution >= 4 is 11.7 Å². The monoisotopic (exact) mass is 279 g/mol. The second-order valence-corrected chi connectivity index (χ2v) is 3.62. The van der Waals surface area contributed by atoms with Crippen molar-refractivity contribution in [3.63, 3.8) is 0 Å². The van der Waals surface area contributed by atoms with E-state index in [0.717, 1.165) is 0 Å². The first kappa shape index (κ1) is 13.4. The van der Waals surface area contributed by atoms with Crippen LogP contribution in [-0.4, -0.2) is 23.1 Å². The first-order valence-corrected chi connectivity index (χ1v) is 5.34. The number of carbonyl (C=O) groups is 1. The first-order chi connectivity index (χ1) is 9.51. The predicted molar refractivity (Wildman–Crippen MR) is 65.4 cm³/mol. The Morgan fingerprint density at radius 1 is 1.35 bits per heavy atom. The van der Waals surface area contributed by atoms with E-state index in [1.165, 1.54) is 37.4 Å². The third-order valence-electron chi connectivity index (χ3n) is 2.37. The summed E-state index contributed by atoms with van der Waals surface area (Å²) in [5.74, 6) is -1.51. The summed E-state index contributed by atoms with van der Waals surface area (Å²) < 4.78 is 15.0. The Balaban J connectivity index is 2.35. The molecular weight excluding hydrogens is 270 g/mol. The zero-order valence-electron chi connectivity index (χ0n) is 10.2. The van der Waals surface area contributed by atoms with Crippen LogP contribution in [-0.2, 0) is 0 Å². The van der Waals surface area contributed by atoms with Crippen molar-refractivity contribution in [2.45, 2.75) is 0 Å². The molecule has 0 aliphatic heterocycles. The number of nitrogens with zero attached hydrogens (tertiary/aromatic N) is 1. The summed E-state index contributed by atoms with van der Waals surface area (Å²) in [5.41, 5.74) is -0.293. The van der Waals surface area contributed by atoms with Crippen LogP contribution in [0, 0.1) is 10.1 Å². The Labute approximate surface area is 112 Å². The van der Waals surface area contributed by atoms with Crippen LogP contribution in [0.4, 0.5) is 5.69 Å². The molecule has 0 unspecified atom stereocenters. The number of ether oxygens (including phenoxy) is 2. The molecule has 1 aromatic heterocycles. The first-order valence-electron chi connectivity index (χ1n) is 5.34. The van der Waals surface area contributed by atoms with Crippen LogP contribution in [0.5, 0.6) is 17.4 Å². The van der Waals surface area contributed by atoms with E-state index in [-0.39, 0.29) is 23.1 Å². The summed E-state index contributed by atoms with van der Waals surface area (Å²) in [7, 11) is 1.40. The third-order valence-corrected chi connectivity index (χ3v) is 2.37. The number of nitro benzene ring substituents is 1. The van der Waals surface area contributed by atoms with Crippen molar-refractivity contribution in [1.29, 1.82) is 0 Å². The SMILES string of the molecule is COc1ccc([N+](=O)[O-])c(Oc2ccc(C(=O)O)o2)c1. The number of nitro groups is 1. The van der Waals surface area contributed by atoms with Crippen molar-refractivity contribution in [1.82, 2.24) is 0 Å². The van der Waals surface area contributed by atoms with Gasteiger partial charge in [0.2, 0.25) is 11.5 Å². The lowest BCUT2D eigenvalue weighted by molar-refractivity contribution is -0.385. The fourth-order valence-electron chi connectivity index (χ4n) is 1.45. The van der Waals surface area contributed by atoms with Gasteiger partial charge in [0, 0.05) is 18.2 Å². The summed E-state index contributed by atoms with van der Waals surface area (Å²) in [5, 5.41) is 19.6. The van der Waals surface area contributed by atoms with Gasteiger partial charge in [-0.1, -0.05) is 0 Å². The van der Waals surface area contributed by atoms with Gasteiger partial charge < -0.3 is 19.0 Å². The van der Waals surface area contributed by atoms with Gasteiger partial charge in [-0.25, -0.2) is 4.79 Å². The second-order valence-electron chi connectivity index (χ2n) is 3.62. The van der Waals surface area contributed by atoms with Gasteiger partial charge in [0.25, 0.3) is 5.95 Å². The number of rotatable bonds is 5. The fourth-order valence-corrected chi connectivity index (χ4v) is 1.45. The summed E-state index contributed by atoms with van der Waals surface area (Å²) >= 11 is 0. The highest BCUT2D eigenvalue weighted by Crippen LogP contribution is 2.35.